The summed E-state index contributed by atoms with van der Waals surface area (Å²) in [5, 5.41) is 0. The molecule has 0 bridgehead atoms. The minimum atomic E-state index is 0.760. The molecule has 0 aliphatic carbocycles. The Morgan fingerprint density at radius 2 is 1.33 bits per heavy atom. The summed E-state index contributed by atoms with van der Waals surface area (Å²) in [6.07, 6.45) is 14.4. The number of carbonyl (C=O) groups is 1. The zero-order valence-electron chi connectivity index (χ0n) is 12.1. The molecule has 0 spiro atoms. The van der Waals surface area contributed by atoms with Gasteiger partial charge in [-0.15, -0.1) is 0 Å². The van der Waals surface area contributed by atoms with E-state index in [0.29, 0.717) is 0 Å². The summed E-state index contributed by atoms with van der Waals surface area (Å²) in [6, 6.07) is 0. The van der Waals surface area contributed by atoms with E-state index in [2.05, 4.69) is 19.6 Å². The van der Waals surface area contributed by atoms with Gasteiger partial charge in [0.1, 0.15) is 0 Å². The van der Waals surface area contributed by atoms with Crippen molar-refractivity contribution in [3.63, 3.8) is 0 Å². The third-order valence-corrected chi connectivity index (χ3v) is 3.54. The van der Waals surface area contributed by atoms with Crippen LogP contribution in [0, 0.1) is 0 Å². The van der Waals surface area contributed by atoms with Crippen LogP contribution in [0.15, 0.2) is 0 Å². The van der Waals surface area contributed by atoms with Crippen molar-refractivity contribution in [2.45, 2.75) is 71.1 Å². The van der Waals surface area contributed by atoms with E-state index >= 15 is 0 Å². The molecule has 0 heterocycles. The van der Waals surface area contributed by atoms with Gasteiger partial charge in [-0.05, 0) is 6.42 Å². The molecule has 3 heteroatoms. The summed E-state index contributed by atoms with van der Waals surface area (Å²) in [5.74, 6) is 0.760. The number of unbranched alkanes of at least 4 members (excludes halogenated alkanes) is 9. The van der Waals surface area contributed by atoms with Crippen LogP contribution in [0.2, 0.25) is 0 Å². The molecule has 1 amide bonds. The first-order chi connectivity index (χ1) is 8.85. The maximum absolute atomic E-state index is 10.7. The first kappa shape index (κ1) is 17.8. The average molecular weight is 273 g/mol. The monoisotopic (exact) mass is 273 g/mol. The molecule has 0 aromatic carbocycles. The lowest BCUT2D eigenvalue weighted by Crippen LogP contribution is -2.25. The maximum Gasteiger partial charge on any atom is 0.209 e. The second-order valence-electron chi connectivity index (χ2n) is 5.05. The van der Waals surface area contributed by atoms with Crippen molar-refractivity contribution < 1.29 is 4.79 Å². The average Bonchev–Trinajstić information content (AvgIpc) is 2.39. The molecule has 0 radical (unpaired) electrons. The van der Waals surface area contributed by atoms with Gasteiger partial charge in [-0.25, -0.2) is 0 Å². The smallest absolute Gasteiger partial charge is 0.209 e. The Morgan fingerprint density at radius 1 is 0.833 bits per heavy atom. The summed E-state index contributed by atoms with van der Waals surface area (Å²) in [5.41, 5.74) is 0. The van der Waals surface area contributed by atoms with Crippen LogP contribution in [0.3, 0.4) is 0 Å². The maximum atomic E-state index is 10.7. The molecule has 0 N–H and O–H groups in total. The highest BCUT2D eigenvalue weighted by Gasteiger charge is 1.99. The molecule has 0 saturated heterocycles. The topological polar surface area (TPSA) is 20.3 Å². The van der Waals surface area contributed by atoms with Crippen molar-refractivity contribution >= 4 is 19.0 Å². The van der Waals surface area contributed by atoms with E-state index < -0.39 is 0 Å². The molecule has 0 atom stereocenters. The van der Waals surface area contributed by atoms with Gasteiger partial charge in [-0.2, -0.15) is 12.6 Å². The van der Waals surface area contributed by atoms with Crippen molar-refractivity contribution in [1.29, 1.82) is 0 Å². The molecular weight excluding hydrogens is 242 g/mol. The molecule has 18 heavy (non-hydrogen) atoms. The van der Waals surface area contributed by atoms with E-state index in [1.54, 1.807) is 0 Å². The van der Waals surface area contributed by atoms with Crippen molar-refractivity contribution in [2.75, 3.05) is 18.8 Å². The standard InChI is InChI=1S/C15H31NOS/c1-2-3-4-5-6-7-8-9-10-11-12-16(15-17)13-14-18/h15,18H,2-14H2,1H3. The third-order valence-electron chi connectivity index (χ3n) is 3.34. The van der Waals surface area contributed by atoms with Crippen LogP contribution in [0.5, 0.6) is 0 Å². The molecule has 0 saturated carbocycles. The Balaban J connectivity index is 3.13. The fourth-order valence-electron chi connectivity index (χ4n) is 2.15. The van der Waals surface area contributed by atoms with Crippen LogP contribution in [0.1, 0.15) is 71.1 Å². The van der Waals surface area contributed by atoms with Gasteiger partial charge < -0.3 is 4.90 Å². The quantitative estimate of drug-likeness (QED) is 0.284. The Labute approximate surface area is 119 Å². The van der Waals surface area contributed by atoms with E-state index in [-0.39, 0.29) is 0 Å². The lowest BCUT2D eigenvalue weighted by atomic mass is 10.1. The second kappa shape index (κ2) is 14.9. The number of hydrogen-bond acceptors (Lipinski definition) is 2. The summed E-state index contributed by atoms with van der Waals surface area (Å²) >= 11 is 4.14. The molecule has 0 rings (SSSR count). The molecule has 2 nitrogen and oxygen atoms in total. The normalized spacial score (nSPS) is 10.6. The zero-order valence-corrected chi connectivity index (χ0v) is 13.0. The predicted molar refractivity (Wildman–Crippen MR) is 83.3 cm³/mol. The number of nitrogens with zero attached hydrogens (tertiary/aromatic N) is 1. The first-order valence-electron chi connectivity index (χ1n) is 7.65. The zero-order chi connectivity index (χ0) is 13.5. The Hall–Kier alpha value is -0.180. The number of carbonyl (C=O) groups excluding carboxylic acids is 1. The van der Waals surface area contributed by atoms with E-state index in [0.717, 1.165) is 31.7 Å². The van der Waals surface area contributed by atoms with E-state index in [9.17, 15) is 4.79 Å². The Morgan fingerprint density at radius 3 is 1.78 bits per heavy atom. The van der Waals surface area contributed by atoms with Crippen LogP contribution in [0.4, 0.5) is 0 Å². The highest BCUT2D eigenvalue weighted by atomic mass is 32.1. The molecule has 108 valence electrons. The van der Waals surface area contributed by atoms with E-state index in [1.807, 2.05) is 4.90 Å². The number of amides is 1. The minimum absolute atomic E-state index is 0.760. The van der Waals surface area contributed by atoms with E-state index in [1.165, 1.54) is 57.8 Å². The van der Waals surface area contributed by atoms with Crippen molar-refractivity contribution in [3.05, 3.63) is 0 Å². The SMILES string of the molecule is CCCCCCCCCCCCN(C=O)CCS. The second-order valence-corrected chi connectivity index (χ2v) is 5.49. The first-order valence-corrected chi connectivity index (χ1v) is 8.28. The molecule has 0 unspecified atom stereocenters. The number of hydrogen-bond donors (Lipinski definition) is 1. The highest BCUT2D eigenvalue weighted by molar-refractivity contribution is 7.80. The van der Waals surface area contributed by atoms with Gasteiger partial charge in [-0.1, -0.05) is 64.7 Å². The van der Waals surface area contributed by atoms with Gasteiger partial charge in [0.2, 0.25) is 6.41 Å². The number of rotatable bonds is 14. The lowest BCUT2D eigenvalue weighted by molar-refractivity contribution is -0.118. The van der Waals surface area contributed by atoms with E-state index in [4.69, 9.17) is 0 Å². The Bertz CT molecular complexity index is 176. The lowest BCUT2D eigenvalue weighted by Gasteiger charge is -2.15. The molecule has 0 fully saturated rings. The van der Waals surface area contributed by atoms with Gasteiger partial charge >= 0.3 is 0 Å². The predicted octanol–water partition coefficient (Wildman–Crippen LogP) is 4.30. The van der Waals surface area contributed by atoms with Gasteiger partial charge in [0, 0.05) is 18.8 Å². The van der Waals surface area contributed by atoms with Gasteiger partial charge in [0.05, 0.1) is 0 Å². The van der Waals surface area contributed by atoms with Crippen LogP contribution >= 0.6 is 12.6 Å². The van der Waals surface area contributed by atoms with Crippen molar-refractivity contribution in [1.82, 2.24) is 4.90 Å². The van der Waals surface area contributed by atoms with Gasteiger partial charge in [0.15, 0.2) is 0 Å². The number of thiol groups is 1. The molecule has 0 aromatic rings. The van der Waals surface area contributed by atoms with Gasteiger partial charge in [-0.3, -0.25) is 4.79 Å². The van der Waals surface area contributed by atoms with Crippen LogP contribution in [-0.2, 0) is 4.79 Å². The van der Waals surface area contributed by atoms with Crippen LogP contribution < -0.4 is 0 Å². The fourth-order valence-corrected chi connectivity index (χ4v) is 2.40. The van der Waals surface area contributed by atoms with Crippen molar-refractivity contribution in [2.24, 2.45) is 0 Å². The van der Waals surface area contributed by atoms with Gasteiger partial charge in [0.25, 0.3) is 0 Å². The molecule has 0 aliphatic rings. The van der Waals surface area contributed by atoms with Crippen LogP contribution in [-0.4, -0.2) is 30.2 Å². The van der Waals surface area contributed by atoms with Crippen molar-refractivity contribution in [3.8, 4) is 0 Å². The molecular formula is C15H31NOS. The molecule has 0 aliphatic heterocycles. The van der Waals surface area contributed by atoms with Crippen LogP contribution in [0.25, 0.3) is 0 Å². The largest absolute Gasteiger partial charge is 0.344 e. The minimum Gasteiger partial charge on any atom is -0.344 e. The molecule has 0 aromatic heterocycles. The summed E-state index contributed by atoms with van der Waals surface area (Å²) in [7, 11) is 0. The summed E-state index contributed by atoms with van der Waals surface area (Å²) < 4.78 is 0. The Kier molecular flexibility index (Phi) is 14.7. The summed E-state index contributed by atoms with van der Waals surface area (Å²) in [6.45, 7) is 3.95. The highest BCUT2D eigenvalue weighted by Crippen LogP contribution is 2.10. The summed E-state index contributed by atoms with van der Waals surface area (Å²) in [4.78, 5) is 12.5. The third kappa shape index (κ3) is 12.3. The fraction of sp³-hybridized carbons (Fsp3) is 0.933.